The third kappa shape index (κ3) is 1.60. The number of anilines is 1. The SMILES string of the molecule is Nc1c(C(=O)O)cnn1-c1cccc(F)c1. The van der Waals surface area contributed by atoms with Crippen LogP contribution in [0.2, 0.25) is 0 Å². The van der Waals surface area contributed by atoms with E-state index in [9.17, 15) is 9.18 Å². The molecule has 0 fully saturated rings. The van der Waals surface area contributed by atoms with Gasteiger partial charge in [0, 0.05) is 0 Å². The molecular formula is C10H8FN3O2. The van der Waals surface area contributed by atoms with Crippen LogP contribution in [-0.4, -0.2) is 20.9 Å². The van der Waals surface area contributed by atoms with Crippen LogP contribution in [0.4, 0.5) is 10.2 Å². The molecule has 2 rings (SSSR count). The standard InChI is InChI=1S/C10H8FN3O2/c11-6-2-1-3-7(4-6)14-9(12)8(5-13-14)10(15)16/h1-5H,12H2,(H,15,16). The molecule has 0 aliphatic heterocycles. The molecule has 0 amide bonds. The lowest BCUT2D eigenvalue weighted by Crippen LogP contribution is -2.05. The third-order valence-electron chi connectivity index (χ3n) is 2.09. The molecule has 16 heavy (non-hydrogen) atoms. The van der Waals surface area contributed by atoms with Crippen LogP contribution in [0.5, 0.6) is 0 Å². The molecule has 0 spiro atoms. The summed E-state index contributed by atoms with van der Waals surface area (Å²) in [4.78, 5) is 10.7. The topological polar surface area (TPSA) is 81.1 Å². The van der Waals surface area contributed by atoms with Crippen molar-refractivity contribution >= 4 is 11.8 Å². The van der Waals surface area contributed by atoms with Gasteiger partial charge in [-0.25, -0.2) is 13.9 Å². The molecule has 2 aromatic rings. The van der Waals surface area contributed by atoms with Crippen molar-refractivity contribution in [3.63, 3.8) is 0 Å². The zero-order chi connectivity index (χ0) is 11.7. The molecule has 0 atom stereocenters. The number of hydrogen-bond acceptors (Lipinski definition) is 3. The van der Waals surface area contributed by atoms with E-state index in [0.717, 1.165) is 6.20 Å². The van der Waals surface area contributed by atoms with Crippen LogP contribution in [0, 0.1) is 5.82 Å². The van der Waals surface area contributed by atoms with Gasteiger partial charge in [0.2, 0.25) is 0 Å². The highest BCUT2D eigenvalue weighted by atomic mass is 19.1. The van der Waals surface area contributed by atoms with Crippen LogP contribution in [0.25, 0.3) is 5.69 Å². The highest BCUT2D eigenvalue weighted by Crippen LogP contribution is 2.17. The minimum Gasteiger partial charge on any atom is -0.477 e. The molecule has 6 heteroatoms. The maximum Gasteiger partial charge on any atom is 0.341 e. The highest BCUT2D eigenvalue weighted by Gasteiger charge is 2.14. The number of nitrogens with two attached hydrogens (primary N) is 1. The second-order valence-corrected chi connectivity index (χ2v) is 3.14. The molecule has 0 saturated heterocycles. The molecule has 0 aliphatic carbocycles. The fourth-order valence-electron chi connectivity index (χ4n) is 1.34. The van der Waals surface area contributed by atoms with Crippen molar-refractivity contribution in [1.82, 2.24) is 9.78 Å². The molecule has 0 aliphatic rings. The minimum atomic E-state index is -1.17. The first-order valence-electron chi connectivity index (χ1n) is 4.42. The maximum absolute atomic E-state index is 13.0. The highest BCUT2D eigenvalue weighted by molar-refractivity contribution is 5.92. The quantitative estimate of drug-likeness (QED) is 0.800. The summed E-state index contributed by atoms with van der Waals surface area (Å²) in [6, 6.07) is 5.57. The predicted octanol–water partition coefficient (Wildman–Crippen LogP) is 1.29. The van der Waals surface area contributed by atoms with E-state index in [-0.39, 0.29) is 11.4 Å². The summed E-state index contributed by atoms with van der Waals surface area (Å²) in [5, 5.41) is 12.6. The van der Waals surface area contributed by atoms with E-state index in [0.29, 0.717) is 5.69 Å². The van der Waals surface area contributed by atoms with Gasteiger partial charge in [-0.05, 0) is 18.2 Å². The molecular weight excluding hydrogens is 213 g/mol. The smallest absolute Gasteiger partial charge is 0.341 e. The number of nitrogen functional groups attached to an aromatic ring is 1. The van der Waals surface area contributed by atoms with Gasteiger partial charge in [0.1, 0.15) is 17.2 Å². The van der Waals surface area contributed by atoms with Crippen molar-refractivity contribution in [2.24, 2.45) is 0 Å². The number of aromatic carboxylic acids is 1. The van der Waals surface area contributed by atoms with Crippen LogP contribution < -0.4 is 5.73 Å². The van der Waals surface area contributed by atoms with Gasteiger partial charge in [0.05, 0.1) is 11.9 Å². The van der Waals surface area contributed by atoms with Crippen molar-refractivity contribution in [3.8, 4) is 5.69 Å². The number of benzene rings is 1. The summed E-state index contributed by atoms with van der Waals surface area (Å²) < 4.78 is 14.1. The van der Waals surface area contributed by atoms with Crippen LogP contribution in [-0.2, 0) is 0 Å². The normalized spacial score (nSPS) is 10.3. The van der Waals surface area contributed by atoms with Gasteiger partial charge >= 0.3 is 5.97 Å². The Bertz CT molecular complexity index is 551. The molecule has 5 nitrogen and oxygen atoms in total. The number of aromatic nitrogens is 2. The number of nitrogens with zero attached hydrogens (tertiary/aromatic N) is 2. The van der Waals surface area contributed by atoms with Crippen LogP contribution >= 0.6 is 0 Å². The summed E-state index contributed by atoms with van der Waals surface area (Å²) in [6.45, 7) is 0. The molecule has 0 saturated carbocycles. The van der Waals surface area contributed by atoms with Crippen molar-refractivity contribution in [1.29, 1.82) is 0 Å². The number of carboxylic acid groups (broad SMARTS) is 1. The lowest BCUT2D eigenvalue weighted by Gasteiger charge is -2.03. The van der Waals surface area contributed by atoms with E-state index < -0.39 is 11.8 Å². The van der Waals surface area contributed by atoms with Gasteiger partial charge < -0.3 is 10.8 Å². The lowest BCUT2D eigenvalue weighted by atomic mass is 10.3. The summed E-state index contributed by atoms with van der Waals surface area (Å²) >= 11 is 0. The van der Waals surface area contributed by atoms with E-state index in [2.05, 4.69) is 5.10 Å². The number of halogens is 1. The van der Waals surface area contributed by atoms with E-state index in [1.54, 1.807) is 6.07 Å². The Morgan fingerprint density at radius 1 is 1.50 bits per heavy atom. The Morgan fingerprint density at radius 3 is 2.81 bits per heavy atom. The molecule has 1 heterocycles. The lowest BCUT2D eigenvalue weighted by molar-refractivity contribution is 0.0698. The second kappa shape index (κ2) is 3.65. The summed E-state index contributed by atoms with van der Waals surface area (Å²) in [7, 11) is 0. The Kier molecular flexibility index (Phi) is 2.32. The number of rotatable bonds is 2. The Labute approximate surface area is 89.9 Å². The molecule has 82 valence electrons. The summed E-state index contributed by atoms with van der Waals surface area (Å²) in [6.07, 6.45) is 1.13. The molecule has 0 radical (unpaired) electrons. The van der Waals surface area contributed by atoms with E-state index in [4.69, 9.17) is 10.8 Å². The number of hydrogen-bond donors (Lipinski definition) is 2. The van der Waals surface area contributed by atoms with Crippen LogP contribution in [0.1, 0.15) is 10.4 Å². The fourth-order valence-corrected chi connectivity index (χ4v) is 1.34. The van der Waals surface area contributed by atoms with Crippen molar-refractivity contribution in [2.75, 3.05) is 5.73 Å². The van der Waals surface area contributed by atoms with Gasteiger partial charge in [-0.3, -0.25) is 0 Å². The first-order chi connectivity index (χ1) is 7.59. The second-order valence-electron chi connectivity index (χ2n) is 3.14. The van der Waals surface area contributed by atoms with Crippen molar-refractivity contribution in [2.45, 2.75) is 0 Å². The largest absolute Gasteiger partial charge is 0.477 e. The van der Waals surface area contributed by atoms with Crippen LogP contribution in [0.15, 0.2) is 30.5 Å². The summed E-state index contributed by atoms with van der Waals surface area (Å²) in [5.41, 5.74) is 5.86. The fraction of sp³-hybridized carbons (Fsp3) is 0. The van der Waals surface area contributed by atoms with Gasteiger partial charge in [-0.15, -0.1) is 0 Å². The minimum absolute atomic E-state index is 0.0295. The summed E-state index contributed by atoms with van der Waals surface area (Å²) in [5.74, 6) is -1.64. The zero-order valence-electron chi connectivity index (χ0n) is 8.09. The molecule has 0 bridgehead atoms. The first-order valence-corrected chi connectivity index (χ1v) is 4.42. The maximum atomic E-state index is 13.0. The van der Waals surface area contributed by atoms with Crippen molar-refractivity contribution in [3.05, 3.63) is 41.8 Å². The van der Waals surface area contributed by atoms with E-state index in [1.165, 1.54) is 22.9 Å². The van der Waals surface area contributed by atoms with Crippen LogP contribution in [0.3, 0.4) is 0 Å². The molecule has 1 aromatic carbocycles. The predicted molar refractivity (Wildman–Crippen MR) is 54.9 cm³/mol. The van der Waals surface area contributed by atoms with Gasteiger partial charge in [-0.2, -0.15) is 5.10 Å². The third-order valence-corrected chi connectivity index (χ3v) is 2.09. The molecule has 0 unspecified atom stereocenters. The average molecular weight is 221 g/mol. The molecule has 1 aromatic heterocycles. The average Bonchev–Trinajstić information content (AvgIpc) is 2.60. The Balaban J connectivity index is 2.53. The van der Waals surface area contributed by atoms with E-state index in [1.807, 2.05) is 0 Å². The van der Waals surface area contributed by atoms with Crippen molar-refractivity contribution < 1.29 is 14.3 Å². The number of carboxylic acids is 1. The van der Waals surface area contributed by atoms with Gasteiger partial charge in [0.25, 0.3) is 0 Å². The number of carbonyl (C=O) groups is 1. The van der Waals surface area contributed by atoms with Gasteiger partial charge in [-0.1, -0.05) is 6.07 Å². The van der Waals surface area contributed by atoms with Gasteiger partial charge in [0.15, 0.2) is 0 Å². The monoisotopic (exact) mass is 221 g/mol. The Hall–Kier alpha value is -2.37. The molecule has 3 N–H and O–H groups in total. The zero-order valence-corrected chi connectivity index (χ0v) is 8.09. The Morgan fingerprint density at radius 2 is 2.25 bits per heavy atom. The first kappa shape index (κ1) is 10.2. The van der Waals surface area contributed by atoms with E-state index >= 15 is 0 Å².